The van der Waals surface area contributed by atoms with Crippen molar-refractivity contribution in [2.75, 3.05) is 12.8 Å². The van der Waals surface area contributed by atoms with Crippen LogP contribution in [-0.2, 0) is 0 Å². The Labute approximate surface area is 113 Å². The number of hydrogen-bond donors (Lipinski definition) is 1. The van der Waals surface area contributed by atoms with Gasteiger partial charge in [-0.15, -0.1) is 0 Å². The molecule has 2 aromatic rings. The van der Waals surface area contributed by atoms with Crippen molar-refractivity contribution in [2.45, 2.75) is 19.8 Å². The van der Waals surface area contributed by atoms with Crippen LogP contribution in [0.25, 0.3) is 11.1 Å². The number of ether oxygens (including phenoxy) is 1. The van der Waals surface area contributed by atoms with Gasteiger partial charge in [0.1, 0.15) is 11.6 Å². The standard InChI is InChI=1S/C16H18FNO/c1-10(2)11-4-6-12(7-5-11)13-8-15(18)14(17)9-16(13)19-3/h4-10H,18H2,1-3H3. The van der Waals surface area contributed by atoms with Gasteiger partial charge in [-0.2, -0.15) is 0 Å². The summed E-state index contributed by atoms with van der Waals surface area (Å²) in [5.74, 6) is 0.512. The highest BCUT2D eigenvalue weighted by molar-refractivity contribution is 5.74. The maximum absolute atomic E-state index is 13.4. The lowest BCUT2D eigenvalue weighted by Crippen LogP contribution is -1.95. The average Bonchev–Trinajstić information content (AvgIpc) is 2.41. The number of anilines is 1. The van der Waals surface area contributed by atoms with Gasteiger partial charge in [0.05, 0.1) is 12.8 Å². The fraction of sp³-hybridized carbons (Fsp3) is 0.250. The predicted octanol–water partition coefficient (Wildman–Crippen LogP) is 4.21. The molecule has 3 heteroatoms. The topological polar surface area (TPSA) is 35.2 Å². The molecule has 0 heterocycles. The molecule has 2 N–H and O–H groups in total. The van der Waals surface area contributed by atoms with E-state index in [0.717, 1.165) is 11.1 Å². The van der Waals surface area contributed by atoms with Gasteiger partial charge in [-0.05, 0) is 23.1 Å². The molecular formula is C16H18FNO. The summed E-state index contributed by atoms with van der Waals surface area (Å²) in [5.41, 5.74) is 8.79. The van der Waals surface area contributed by atoms with Gasteiger partial charge in [-0.25, -0.2) is 4.39 Å². The van der Waals surface area contributed by atoms with Crippen LogP contribution in [0.4, 0.5) is 10.1 Å². The molecule has 0 fully saturated rings. The number of nitrogen functional groups attached to an aromatic ring is 1. The minimum Gasteiger partial charge on any atom is -0.496 e. The Kier molecular flexibility index (Phi) is 3.74. The molecule has 0 radical (unpaired) electrons. The maximum atomic E-state index is 13.4. The van der Waals surface area contributed by atoms with E-state index in [4.69, 9.17) is 10.5 Å². The van der Waals surface area contributed by atoms with E-state index >= 15 is 0 Å². The zero-order valence-corrected chi connectivity index (χ0v) is 11.4. The van der Waals surface area contributed by atoms with E-state index in [1.54, 1.807) is 6.07 Å². The summed E-state index contributed by atoms with van der Waals surface area (Å²) in [5, 5.41) is 0. The third kappa shape index (κ3) is 2.70. The van der Waals surface area contributed by atoms with E-state index in [1.807, 2.05) is 12.1 Å². The van der Waals surface area contributed by atoms with E-state index < -0.39 is 5.82 Å². The van der Waals surface area contributed by atoms with Crippen molar-refractivity contribution in [1.29, 1.82) is 0 Å². The van der Waals surface area contributed by atoms with E-state index in [0.29, 0.717) is 11.7 Å². The molecule has 0 aliphatic rings. The summed E-state index contributed by atoms with van der Waals surface area (Å²) in [7, 11) is 1.52. The molecule has 0 saturated carbocycles. The van der Waals surface area contributed by atoms with Crippen LogP contribution in [0.2, 0.25) is 0 Å². The van der Waals surface area contributed by atoms with Crippen LogP contribution >= 0.6 is 0 Å². The Morgan fingerprint density at radius 1 is 1.11 bits per heavy atom. The molecule has 19 heavy (non-hydrogen) atoms. The van der Waals surface area contributed by atoms with Crippen molar-refractivity contribution in [2.24, 2.45) is 0 Å². The van der Waals surface area contributed by atoms with Gasteiger partial charge in [0.25, 0.3) is 0 Å². The summed E-state index contributed by atoms with van der Waals surface area (Å²) in [4.78, 5) is 0. The lowest BCUT2D eigenvalue weighted by Gasteiger charge is -2.12. The minimum absolute atomic E-state index is 0.128. The van der Waals surface area contributed by atoms with Gasteiger partial charge in [0.15, 0.2) is 0 Å². The summed E-state index contributed by atoms with van der Waals surface area (Å²) < 4.78 is 18.6. The van der Waals surface area contributed by atoms with Crippen LogP contribution < -0.4 is 10.5 Å². The van der Waals surface area contributed by atoms with Crippen LogP contribution in [0.15, 0.2) is 36.4 Å². The fourth-order valence-corrected chi connectivity index (χ4v) is 2.01. The third-order valence-corrected chi connectivity index (χ3v) is 3.21. The van der Waals surface area contributed by atoms with Gasteiger partial charge in [0, 0.05) is 11.6 Å². The zero-order valence-electron chi connectivity index (χ0n) is 11.4. The highest BCUT2D eigenvalue weighted by Crippen LogP contribution is 2.34. The van der Waals surface area contributed by atoms with Crippen LogP contribution in [0.3, 0.4) is 0 Å². The van der Waals surface area contributed by atoms with Gasteiger partial charge in [-0.3, -0.25) is 0 Å². The summed E-state index contributed by atoms with van der Waals surface area (Å²) in [6.07, 6.45) is 0. The third-order valence-electron chi connectivity index (χ3n) is 3.21. The van der Waals surface area contributed by atoms with Crippen molar-refractivity contribution in [3.8, 4) is 16.9 Å². The Hall–Kier alpha value is -2.03. The predicted molar refractivity (Wildman–Crippen MR) is 76.9 cm³/mol. The fourth-order valence-electron chi connectivity index (χ4n) is 2.01. The van der Waals surface area contributed by atoms with Crippen LogP contribution in [0.5, 0.6) is 5.75 Å². The smallest absolute Gasteiger partial charge is 0.149 e. The Morgan fingerprint density at radius 2 is 1.74 bits per heavy atom. The Bertz CT molecular complexity index is 576. The van der Waals surface area contributed by atoms with Crippen LogP contribution in [0, 0.1) is 5.82 Å². The molecule has 2 rings (SSSR count). The van der Waals surface area contributed by atoms with Crippen molar-refractivity contribution in [3.05, 3.63) is 47.8 Å². The molecule has 2 nitrogen and oxygen atoms in total. The van der Waals surface area contributed by atoms with E-state index in [2.05, 4.69) is 26.0 Å². The average molecular weight is 259 g/mol. The molecule has 0 aromatic heterocycles. The largest absolute Gasteiger partial charge is 0.496 e. The molecule has 0 bridgehead atoms. The normalized spacial score (nSPS) is 10.8. The number of nitrogens with two attached hydrogens (primary N) is 1. The second kappa shape index (κ2) is 5.31. The number of benzene rings is 2. The lowest BCUT2D eigenvalue weighted by atomic mass is 9.98. The monoisotopic (exact) mass is 259 g/mol. The molecule has 100 valence electrons. The van der Waals surface area contributed by atoms with Gasteiger partial charge < -0.3 is 10.5 Å². The number of halogens is 1. The molecule has 0 atom stereocenters. The quantitative estimate of drug-likeness (QED) is 0.838. The molecule has 0 spiro atoms. The Morgan fingerprint density at radius 3 is 2.26 bits per heavy atom. The summed E-state index contributed by atoms with van der Waals surface area (Å²) in [6.45, 7) is 4.29. The van der Waals surface area contributed by atoms with E-state index in [9.17, 15) is 4.39 Å². The van der Waals surface area contributed by atoms with Crippen LogP contribution in [0.1, 0.15) is 25.3 Å². The second-order valence-corrected chi connectivity index (χ2v) is 4.85. The summed E-state index contributed by atoms with van der Waals surface area (Å²) in [6, 6.07) is 11.1. The molecule has 2 aromatic carbocycles. The second-order valence-electron chi connectivity index (χ2n) is 4.85. The zero-order chi connectivity index (χ0) is 14.0. The first-order valence-corrected chi connectivity index (χ1v) is 6.26. The maximum Gasteiger partial charge on any atom is 0.149 e. The van der Waals surface area contributed by atoms with Crippen molar-refractivity contribution < 1.29 is 9.13 Å². The molecule has 0 amide bonds. The highest BCUT2D eigenvalue weighted by Gasteiger charge is 2.10. The van der Waals surface area contributed by atoms with Gasteiger partial charge in [0.2, 0.25) is 0 Å². The van der Waals surface area contributed by atoms with Gasteiger partial charge in [-0.1, -0.05) is 38.1 Å². The first kappa shape index (κ1) is 13.4. The number of rotatable bonds is 3. The SMILES string of the molecule is COc1cc(F)c(N)cc1-c1ccc(C(C)C)cc1. The van der Waals surface area contributed by atoms with Crippen molar-refractivity contribution in [1.82, 2.24) is 0 Å². The number of hydrogen-bond acceptors (Lipinski definition) is 2. The van der Waals surface area contributed by atoms with Crippen molar-refractivity contribution >= 4 is 5.69 Å². The van der Waals surface area contributed by atoms with Crippen LogP contribution in [-0.4, -0.2) is 7.11 Å². The molecular weight excluding hydrogens is 241 g/mol. The number of methoxy groups -OCH3 is 1. The minimum atomic E-state index is -0.459. The van der Waals surface area contributed by atoms with E-state index in [-0.39, 0.29) is 5.69 Å². The Balaban J connectivity index is 2.49. The first-order valence-electron chi connectivity index (χ1n) is 6.26. The lowest BCUT2D eigenvalue weighted by molar-refractivity contribution is 0.413. The van der Waals surface area contributed by atoms with Gasteiger partial charge >= 0.3 is 0 Å². The highest BCUT2D eigenvalue weighted by atomic mass is 19.1. The summed E-state index contributed by atoms with van der Waals surface area (Å²) >= 11 is 0. The molecule has 0 aliphatic carbocycles. The first-order chi connectivity index (χ1) is 9.02. The molecule has 0 unspecified atom stereocenters. The van der Waals surface area contributed by atoms with Crippen molar-refractivity contribution in [3.63, 3.8) is 0 Å². The molecule has 0 aliphatic heterocycles. The molecule has 0 saturated heterocycles. The van der Waals surface area contributed by atoms with E-state index in [1.165, 1.54) is 18.7 Å².